The third kappa shape index (κ3) is 4.38. The highest BCUT2D eigenvalue weighted by Gasteiger charge is 2.29. The molecule has 28 heavy (non-hydrogen) atoms. The quantitative estimate of drug-likeness (QED) is 0.530. The van der Waals surface area contributed by atoms with Crippen LogP contribution in [0.3, 0.4) is 0 Å². The molecule has 0 spiro atoms. The van der Waals surface area contributed by atoms with Gasteiger partial charge in [-0.05, 0) is 46.3 Å². The summed E-state index contributed by atoms with van der Waals surface area (Å²) in [5.41, 5.74) is 0.407. The first-order valence-electron chi connectivity index (χ1n) is 8.22. The largest absolute Gasteiger partial charge is 0.379 e. The van der Waals surface area contributed by atoms with Crippen molar-refractivity contribution in [3.63, 3.8) is 0 Å². The molecule has 2 aromatic rings. The predicted molar refractivity (Wildman–Crippen MR) is 105 cm³/mol. The van der Waals surface area contributed by atoms with Gasteiger partial charge in [0.1, 0.15) is 0 Å². The standard InChI is InChI=1S/C17H16BrN3O6S/c18-15-6-1-12(11-16(15)28(25,26)20-7-9-27-10-8-20)17(22)19-13-2-4-14(5-3-13)21(23)24/h1-6,11H,7-10H2,(H,19,22). The van der Waals surface area contributed by atoms with Crippen LogP contribution in [0.4, 0.5) is 11.4 Å². The number of hydrogen-bond acceptors (Lipinski definition) is 6. The van der Waals surface area contributed by atoms with E-state index in [2.05, 4.69) is 21.2 Å². The van der Waals surface area contributed by atoms with Crippen LogP contribution in [0, 0.1) is 10.1 Å². The minimum Gasteiger partial charge on any atom is -0.379 e. The first-order chi connectivity index (χ1) is 13.3. The Morgan fingerprint density at radius 3 is 2.39 bits per heavy atom. The Morgan fingerprint density at radius 1 is 1.14 bits per heavy atom. The molecule has 1 saturated heterocycles. The lowest BCUT2D eigenvalue weighted by Crippen LogP contribution is -2.40. The summed E-state index contributed by atoms with van der Waals surface area (Å²) in [6.45, 7) is 1.12. The molecule has 3 rings (SSSR count). The van der Waals surface area contributed by atoms with E-state index in [1.54, 1.807) is 0 Å². The van der Waals surface area contributed by atoms with Gasteiger partial charge in [0, 0.05) is 40.9 Å². The van der Waals surface area contributed by atoms with E-state index in [0.717, 1.165) is 0 Å². The minimum absolute atomic E-state index is 0.00857. The summed E-state index contributed by atoms with van der Waals surface area (Å²) >= 11 is 3.24. The molecule has 0 saturated carbocycles. The number of amides is 1. The average molecular weight is 470 g/mol. The number of nitrogens with one attached hydrogen (secondary N) is 1. The van der Waals surface area contributed by atoms with Crippen LogP contribution in [-0.2, 0) is 14.8 Å². The molecule has 11 heteroatoms. The second kappa shape index (κ2) is 8.35. The lowest BCUT2D eigenvalue weighted by molar-refractivity contribution is -0.384. The molecule has 9 nitrogen and oxygen atoms in total. The van der Waals surface area contributed by atoms with Crippen molar-refractivity contribution in [2.75, 3.05) is 31.6 Å². The smallest absolute Gasteiger partial charge is 0.269 e. The van der Waals surface area contributed by atoms with Gasteiger partial charge in [-0.2, -0.15) is 4.31 Å². The second-order valence-electron chi connectivity index (χ2n) is 5.92. The van der Waals surface area contributed by atoms with Crippen LogP contribution in [0.5, 0.6) is 0 Å². The molecule has 1 amide bonds. The van der Waals surface area contributed by atoms with E-state index in [-0.39, 0.29) is 29.2 Å². The summed E-state index contributed by atoms with van der Waals surface area (Å²) in [6, 6.07) is 9.63. The summed E-state index contributed by atoms with van der Waals surface area (Å²) in [5, 5.41) is 13.3. The number of nitrogens with zero attached hydrogens (tertiary/aromatic N) is 2. The van der Waals surface area contributed by atoms with E-state index >= 15 is 0 Å². The van der Waals surface area contributed by atoms with Gasteiger partial charge in [-0.25, -0.2) is 8.42 Å². The number of benzene rings is 2. The number of rotatable bonds is 5. The van der Waals surface area contributed by atoms with Crippen LogP contribution in [0.15, 0.2) is 51.8 Å². The van der Waals surface area contributed by atoms with E-state index in [1.807, 2.05) is 0 Å². The molecule has 1 aliphatic rings. The summed E-state index contributed by atoms with van der Waals surface area (Å²) in [7, 11) is -3.79. The fourth-order valence-electron chi connectivity index (χ4n) is 2.64. The molecule has 0 aliphatic carbocycles. The van der Waals surface area contributed by atoms with Gasteiger partial charge < -0.3 is 10.1 Å². The Bertz CT molecular complexity index is 1000. The van der Waals surface area contributed by atoms with Crippen molar-refractivity contribution in [2.45, 2.75) is 4.90 Å². The van der Waals surface area contributed by atoms with Crippen molar-refractivity contribution in [2.24, 2.45) is 0 Å². The molecule has 1 heterocycles. The summed E-state index contributed by atoms with van der Waals surface area (Å²) in [5.74, 6) is -0.528. The molecule has 0 atom stereocenters. The van der Waals surface area contributed by atoms with Gasteiger partial charge in [0.05, 0.1) is 23.0 Å². The van der Waals surface area contributed by atoms with Gasteiger partial charge in [-0.3, -0.25) is 14.9 Å². The molecular formula is C17H16BrN3O6S. The van der Waals surface area contributed by atoms with E-state index in [9.17, 15) is 23.3 Å². The van der Waals surface area contributed by atoms with Gasteiger partial charge in [0.25, 0.3) is 11.6 Å². The van der Waals surface area contributed by atoms with Crippen molar-refractivity contribution in [1.29, 1.82) is 0 Å². The van der Waals surface area contributed by atoms with Crippen molar-refractivity contribution in [1.82, 2.24) is 4.31 Å². The second-order valence-corrected chi connectivity index (χ2v) is 8.68. The maximum absolute atomic E-state index is 12.9. The monoisotopic (exact) mass is 469 g/mol. The third-order valence-electron chi connectivity index (χ3n) is 4.12. The number of hydrogen-bond donors (Lipinski definition) is 1. The zero-order valence-electron chi connectivity index (χ0n) is 14.5. The number of nitro benzene ring substituents is 1. The zero-order chi connectivity index (χ0) is 20.3. The molecule has 1 N–H and O–H groups in total. The Balaban J connectivity index is 1.83. The van der Waals surface area contributed by atoms with Crippen LogP contribution in [0.2, 0.25) is 0 Å². The average Bonchev–Trinajstić information content (AvgIpc) is 2.69. The van der Waals surface area contributed by atoms with Crippen molar-refractivity contribution >= 4 is 43.2 Å². The van der Waals surface area contributed by atoms with Crippen LogP contribution >= 0.6 is 15.9 Å². The molecule has 0 unspecified atom stereocenters. The lowest BCUT2D eigenvalue weighted by atomic mass is 10.2. The minimum atomic E-state index is -3.79. The zero-order valence-corrected chi connectivity index (χ0v) is 16.9. The number of anilines is 1. The van der Waals surface area contributed by atoms with Gasteiger partial charge >= 0.3 is 0 Å². The molecule has 2 aromatic carbocycles. The molecular weight excluding hydrogens is 454 g/mol. The predicted octanol–water partition coefficient (Wildman–Crippen LogP) is 2.63. The molecule has 0 aromatic heterocycles. The van der Waals surface area contributed by atoms with Crippen LogP contribution in [0.25, 0.3) is 0 Å². The SMILES string of the molecule is O=C(Nc1ccc([N+](=O)[O-])cc1)c1ccc(Br)c(S(=O)(=O)N2CCOCC2)c1. The maximum Gasteiger partial charge on any atom is 0.269 e. The number of carbonyl (C=O) groups is 1. The molecule has 0 bridgehead atoms. The number of ether oxygens (including phenoxy) is 1. The van der Waals surface area contributed by atoms with E-state index < -0.39 is 20.9 Å². The maximum atomic E-state index is 12.9. The molecule has 0 radical (unpaired) electrons. The summed E-state index contributed by atoms with van der Waals surface area (Å²) in [4.78, 5) is 22.7. The Hall–Kier alpha value is -2.34. The molecule has 148 valence electrons. The Morgan fingerprint density at radius 2 is 1.79 bits per heavy atom. The Kier molecular flexibility index (Phi) is 6.08. The lowest BCUT2D eigenvalue weighted by Gasteiger charge is -2.26. The van der Waals surface area contributed by atoms with Gasteiger partial charge in [-0.15, -0.1) is 0 Å². The number of halogens is 1. The van der Waals surface area contributed by atoms with Crippen LogP contribution in [0.1, 0.15) is 10.4 Å². The fraction of sp³-hybridized carbons (Fsp3) is 0.235. The highest BCUT2D eigenvalue weighted by Crippen LogP contribution is 2.27. The van der Waals surface area contributed by atoms with Crippen LogP contribution in [-0.4, -0.2) is 49.9 Å². The number of sulfonamides is 1. The molecule has 1 aliphatic heterocycles. The normalized spacial score (nSPS) is 15.2. The van der Waals surface area contributed by atoms with Gasteiger partial charge in [0.15, 0.2) is 0 Å². The highest BCUT2D eigenvalue weighted by atomic mass is 79.9. The first-order valence-corrected chi connectivity index (χ1v) is 10.5. The topological polar surface area (TPSA) is 119 Å². The number of non-ortho nitro benzene ring substituents is 1. The van der Waals surface area contributed by atoms with E-state index in [1.165, 1.54) is 46.8 Å². The number of morpholine rings is 1. The van der Waals surface area contributed by atoms with Crippen molar-refractivity contribution in [3.05, 3.63) is 62.6 Å². The number of nitro groups is 1. The highest BCUT2D eigenvalue weighted by molar-refractivity contribution is 9.10. The summed E-state index contributed by atoms with van der Waals surface area (Å²) in [6.07, 6.45) is 0. The van der Waals surface area contributed by atoms with Crippen LogP contribution < -0.4 is 5.32 Å². The van der Waals surface area contributed by atoms with E-state index in [4.69, 9.17) is 4.74 Å². The molecule has 1 fully saturated rings. The number of carbonyl (C=O) groups excluding carboxylic acids is 1. The summed E-state index contributed by atoms with van der Waals surface area (Å²) < 4.78 is 32.6. The van der Waals surface area contributed by atoms with Gasteiger partial charge in [-0.1, -0.05) is 0 Å². The Labute approximate surface area is 169 Å². The van der Waals surface area contributed by atoms with Crippen molar-refractivity contribution in [3.8, 4) is 0 Å². The third-order valence-corrected chi connectivity index (χ3v) is 7.01. The first kappa shape index (κ1) is 20.4. The van der Waals surface area contributed by atoms with Gasteiger partial charge in [0.2, 0.25) is 10.0 Å². The fourth-order valence-corrected chi connectivity index (χ4v) is 5.00. The van der Waals surface area contributed by atoms with Crippen molar-refractivity contribution < 1.29 is 22.9 Å². The van der Waals surface area contributed by atoms with E-state index in [0.29, 0.717) is 23.4 Å².